The molecule has 1 aromatic heterocycles. The summed E-state index contributed by atoms with van der Waals surface area (Å²) in [4.78, 5) is 14.9. The Morgan fingerprint density at radius 1 is 1.79 bits per heavy atom. The lowest BCUT2D eigenvalue weighted by atomic mass is 10.2. The number of aliphatic hydroxyl groups excluding tert-OH is 1. The fourth-order valence-electron chi connectivity index (χ4n) is 1.22. The molecule has 0 radical (unpaired) electrons. The van der Waals surface area contributed by atoms with Gasteiger partial charge in [0.15, 0.2) is 0 Å². The SMILES string of the molecule is CCn1ccnc1[C@H](O)CC(=O)OC. The molecule has 5 heteroatoms. The Bertz CT molecular complexity index is 309. The van der Waals surface area contributed by atoms with Gasteiger partial charge in [-0.2, -0.15) is 0 Å². The minimum atomic E-state index is -0.891. The second-order valence-corrected chi connectivity index (χ2v) is 2.87. The van der Waals surface area contributed by atoms with Crippen LogP contribution in [0.4, 0.5) is 0 Å². The van der Waals surface area contributed by atoms with E-state index in [0.29, 0.717) is 12.4 Å². The number of esters is 1. The van der Waals surface area contributed by atoms with Crippen molar-refractivity contribution in [3.63, 3.8) is 0 Å². The van der Waals surface area contributed by atoms with Crippen molar-refractivity contribution in [2.24, 2.45) is 0 Å². The number of hydrogen-bond acceptors (Lipinski definition) is 4. The number of methoxy groups -OCH3 is 1. The van der Waals surface area contributed by atoms with Crippen molar-refractivity contribution in [2.75, 3.05) is 7.11 Å². The van der Waals surface area contributed by atoms with Crippen LogP contribution in [0.15, 0.2) is 12.4 Å². The summed E-state index contributed by atoms with van der Waals surface area (Å²) in [5, 5.41) is 9.64. The molecule has 78 valence electrons. The third kappa shape index (κ3) is 2.32. The lowest BCUT2D eigenvalue weighted by Crippen LogP contribution is -2.12. The predicted octanol–water partition coefficient (Wildman–Crippen LogP) is 0.499. The summed E-state index contributed by atoms with van der Waals surface area (Å²) < 4.78 is 6.24. The summed E-state index contributed by atoms with van der Waals surface area (Å²) in [5.41, 5.74) is 0. The van der Waals surface area contributed by atoms with E-state index in [1.165, 1.54) is 7.11 Å². The lowest BCUT2D eigenvalue weighted by Gasteiger charge is -2.10. The molecule has 1 atom stereocenters. The molecule has 0 saturated heterocycles. The minimum Gasteiger partial charge on any atom is -0.469 e. The van der Waals surface area contributed by atoms with E-state index >= 15 is 0 Å². The average Bonchev–Trinajstić information content (AvgIpc) is 2.65. The topological polar surface area (TPSA) is 64.3 Å². The van der Waals surface area contributed by atoms with Crippen LogP contribution in [-0.4, -0.2) is 27.7 Å². The average molecular weight is 198 g/mol. The van der Waals surface area contributed by atoms with E-state index in [-0.39, 0.29) is 6.42 Å². The summed E-state index contributed by atoms with van der Waals surface area (Å²) in [5.74, 6) is 0.0565. The minimum absolute atomic E-state index is 0.0620. The molecule has 1 rings (SSSR count). The van der Waals surface area contributed by atoms with Gasteiger partial charge in [0, 0.05) is 18.9 Å². The van der Waals surface area contributed by atoms with E-state index in [4.69, 9.17) is 0 Å². The van der Waals surface area contributed by atoms with Gasteiger partial charge in [-0.3, -0.25) is 4.79 Å². The highest BCUT2D eigenvalue weighted by molar-refractivity contribution is 5.69. The Hall–Kier alpha value is -1.36. The van der Waals surface area contributed by atoms with Gasteiger partial charge in [-0.05, 0) is 6.92 Å². The molecular formula is C9H14N2O3. The molecule has 0 spiro atoms. The van der Waals surface area contributed by atoms with Crippen LogP contribution in [0.25, 0.3) is 0 Å². The number of aromatic nitrogens is 2. The first-order chi connectivity index (χ1) is 6.69. The quantitative estimate of drug-likeness (QED) is 0.715. The van der Waals surface area contributed by atoms with Gasteiger partial charge in [0.1, 0.15) is 11.9 Å². The zero-order chi connectivity index (χ0) is 10.6. The van der Waals surface area contributed by atoms with Gasteiger partial charge in [-0.1, -0.05) is 0 Å². The summed E-state index contributed by atoms with van der Waals surface area (Å²) in [6, 6.07) is 0. The molecule has 0 fully saturated rings. The molecule has 1 aromatic rings. The molecule has 1 N–H and O–H groups in total. The van der Waals surface area contributed by atoms with Crippen LogP contribution in [0, 0.1) is 0 Å². The normalized spacial score (nSPS) is 12.5. The molecule has 0 aromatic carbocycles. The van der Waals surface area contributed by atoms with Crippen LogP contribution in [0.2, 0.25) is 0 Å². The predicted molar refractivity (Wildman–Crippen MR) is 49.5 cm³/mol. The highest BCUT2D eigenvalue weighted by Gasteiger charge is 2.17. The number of hydrogen-bond donors (Lipinski definition) is 1. The van der Waals surface area contributed by atoms with Crippen LogP contribution in [0.5, 0.6) is 0 Å². The van der Waals surface area contributed by atoms with Crippen molar-refractivity contribution in [3.05, 3.63) is 18.2 Å². The number of carbonyl (C=O) groups is 1. The van der Waals surface area contributed by atoms with Crippen LogP contribution >= 0.6 is 0 Å². The summed E-state index contributed by atoms with van der Waals surface area (Å²) >= 11 is 0. The lowest BCUT2D eigenvalue weighted by molar-refractivity contribution is -0.143. The molecule has 0 unspecified atom stereocenters. The van der Waals surface area contributed by atoms with Crippen LogP contribution in [0.3, 0.4) is 0 Å². The first kappa shape index (κ1) is 10.7. The Kier molecular flexibility index (Phi) is 3.64. The van der Waals surface area contributed by atoms with Crippen LogP contribution in [-0.2, 0) is 16.1 Å². The van der Waals surface area contributed by atoms with Crippen molar-refractivity contribution in [1.29, 1.82) is 0 Å². The van der Waals surface area contributed by atoms with Gasteiger partial charge in [0.25, 0.3) is 0 Å². The molecule has 0 aliphatic rings. The molecule has 0 aliphatic carbocycles. The molecule has 0 aliphatic heterocycles. The summed E-state index contributed by atoms with van der Waals surface area (Å²) in [6.07, 6.45) is 2.40. The molecule has 5 nitrogen and oxygen atoms in total. The molecule has 1 heterocycles. The smallest absolute Gasteiger partial charge is 0.308 e. The van der Waals surface area contributed by atoms with Crippen molar-refractivity contribution in [3.8, 4) is 0 Å². The fourth-order valence-corrected chi connectivity index (χ4v) is 1.22. The van der Waals surface area contributed by atoms with E-state index in [0.717, 1.165) is 0 Å². The molecule has 0 amide bonds. The van der Waals surface area contributed by atoms with Gasteiger partial charge >= 0.3 is 5.97 Å². The fraction of sp³-hybridized carbons (Fsp3) is 0.556. The third-order valence-corrected chi connectivity index (χ3v) is 1.97. The second-order valence-electron chi connectivity index (χ2n) is 2.87. The molecule has 0 bridgehead atoms. The van der Waals surface area contributed by atoms with Gasteiger partial charge in [-0.15, -0.1) is 0 Å². The standard InChI is InChI=1S/C9H14N2O3/c1-3-11-5-4-10-9(11)7(12)6-8(13)14-2/h4-5,7,12H,3,6H2,1-2H3/t7-/m1/s1. The number of carbonyl (C=O) groups excluding carboxylic acids is 1. The number of imidazole rings is 1. The van der Waals surface area contributed by atoms with Gasteiger partial charge < -0.3 is 14.4 Å². The number of rotatable bonds is 4. The largest absolute Gasteiger partial charge is 0.469 e. The monoisotopic (exact) mass is 198 g/mol. The Morgan fingerprint density at radius 3 is 3.07 bits per heavy atom. The Morgan fingerprint density at radius 2 is 2.50 bits per heavy atom. The summed E-state index contributed by atoms with van der Waals surface area (Å²) in [6.45, 7) is 2.66. The maximum Gasteiger partial charge on any atom is 0.308 e. The van der Waals surface area contributed by atoms with Crippen molar-refractivity contribution in [1.82, 2.24) is 9.55 Å². The van der Waals surface area contributed by atoms with Crippen LogP contribution < -0.4 is 0 Å². The van der Waals surface area contributed by atoms with E-state index in [1.54, 1.807) is 17.0 Å². The first-order valence-electron chi connectivity index (χ1n) is 4.45. The highest BCUT2D eigenvalue weighted by atomic mass is 16.5. The number of aryl methyl sites for hydroxylation is 1. The molecule has 14 heavy (non-hydrogen) atoms. The zero-order valence-electron chi connectivity index (χ0n) is 8.30. The van der Waals surface area contributed by atoms with Crippen molar-refractivity contribution in [2.45, 2.75) is 26.0 Å². The van der Waals surface area contributed by atoms with Gasteiger partial charge in [0.05, 0.1) is 13.5 Å². The maximum atomic E-state index is 10.9. The summed E-state index contributed by atoms with van der Waals surface area (Å²) in [7, 11) is 1.29. The maximum absolute atomic E-state index is 10.9. The highest BCUT2D eigenvalue weighted by Crippen LogP contribution is 2.14. The van der Waals surface area contributed by atoms with Crippen molar-refractivity contribution >= 4 is 5.97 Å². The Labute approximate surface area is 82.3 Å². The third-order valence-electron chi connectivity index (χ3n) is 1.97. The Balaban J connectivity index is 2.68. The molecule has 0 saturated carbocycles. The van der Waals surface area contributed by atoms with Gasteiger partial charge in [0.2, 0.25) is 0 Å². The number of nitrogens with zero attached hydrogens (tertiary/aromatic N) is 2. The van der Waals surface area contributed by atoms with E-state index in [1.807, 2.05) is 6.92 Å². The first-order valence-corrected chi connectivity index (χ1v) is 4.45. The van der Waals surface area contributed by atoms with E-state index in [9.17, 15) is 9.90 Å². The van der Waals surface area contributed by atoms with E-state index < -0.39 is 12.1 Å². The van der Waals surface area contributed by atoms with Crippen molar-refractivity contribution < 1.29 is 14.6 Å². The second kappa shape index (κ2) is 4.76. The zero-order valence-corrected chi connectivity index (χ0v) is 8.30. The number of aliphatic hydroxyl groups is 1. The van der Waals surface area contributed by atoms with Gasteiger partial charge in [-0.25, -0.2) is 4.98 Å². The number of ether oxygens (including phenoxy) is 1. The molecular weight excluding hydrogens is 184 g/mol. The van der Waals surface area contributed by atoms with Crippen LogP contribution in [0.1, 0.15) is 25.3 Å². The van der Waals surface area contributed by atoms with E-state index in [2.05, 4.69) is 9.72 Å².